The number of pyridine rings is 2. The maximum absolute atomic E-state index is 6.16. The number of anilines is 1. The van der Waals surface area contributed by atoms with E-state index in [0.29, 0.717) is 22.4 Å². The second kappa shape index (κ2) is 5.84. The van der Waals surface area contributed by atoms with Gasteiger partial charge in [-0.2, -0.15) is 0 Å². The highest BCUT2D eigenvalue weighted by Gasteiger charge is 2.50. The molecule has 7 heteroatoms. The molecule has 3 aromatic rings. The average molecular weight is 394 g/mol. The predicted molar refractivity (Wildman–Crippen MR) is 107 cm³/mol. The molecular formula is C21H20ClN5O. The minimum Gasteiger partial charge on any atom is -0.380 e. The molecule has 6 rings (SSSR count). The topological polar surface area (TPSA) is 64.0 Å². The summed E-state index contributed by atoms with van der Waals surface area (Å²) in [6, 6.07) is 6.04. The van der Waals surface area contributed by atoms with E-state index in [9.17, 15) is 0 Å². The maximum Gasteiger partial charge on any atom is 0.132 e. The van der Waals surface area contributed by atoms with Crippen LogP contribution in [0.4, 0.5) is 5.69 Å². The van der Waals surface area contributed by atoms with Gasteiger partial charge in [0.1, 0.15) is 11.0 Å². The fraction of sp³-hybridized carbons (Fsp3) is 0.429. The maximum atomic E-state index is 6.16. The molecule has 1 aliphatic carbocycles. The van der Waals surface area contributed by atoms with Crippen molar-refractivity contribution in [1.29, 1.82) is 0 Å². The Bertz CT molecular complexity index is 1090. The molecule has 0 N–H and O–H groups in total. The fourth-order valence-corrected chi connectivity index (χ4v) is 4.66. The van der Waals surface area contributed by atoms with Gasteiger partial charge in [-0.15, -0.1) is 0 Å². The lowest BCUT2D eigenvalue weighted by Gasteiger charge is -2.56. The molecule has 0 aromatic carbocycles. The first-order chi connectivity index (χ1) is 13.6. The number of aromatic nitrogens is 4. The Labute approximate surface area is 167 Å². The van der Waals surface area contributed by atoms with E-state index in [-0.39, 0.29) is 0 Å². The van der Waals surface area contributed by atoms with Crippen molar-refractivity contribution < 1.29 is 4.74 Å². The van der Waals surface area contributed by atoms with Gasteiger partial charge < -0.3 is 9.64 Å². The summed E-state index contributed by atoms with van der Waals surface area (Å²) in [5.74, 6) is 1.63. The molecule has 6 nitrogen and oxygen atoms in total. The zero-order valence-electron chi connectivity index (χ0n) is 15.6. The molecule has 1 spiro atoms. The van der Waals surface area contributed by atoms with E-state index in [4.69, 9.17) is 21.3 Å². The van der Waals surface area contributed by atoms with Crippen molar-refractivity contribution in [3.8, 4) is 0 Å². The molecule has 1 saturated carbocycles. The summed E-state index contributed by atoms with van der Waals surface area (Å²) in [6.45, 7) is 5.82. The highest BCUT2D eigenvalue weighted by atomic mass is 35.5. The molecule has 142 valence electrons. The molecule has 3 aliphatic rings. The molecule has 0 radical (unpaired) electrons. The Hall–Kier alpha value is -2.31. The minimum absolute atomic E-state index is 0.345. The number of halogens is 1. The molecule has 0 bridgehead atoms. The molecule has 5 heterocycles. The summed E-state index contributed by atoms with van der Waals surface area (Å²) in [7, 11) is 0. The van der Waals surface area contributed by atoms with Gasteiger partial charge in [0.05, 0.1) is 24.1 Å². The zero-order valence-corrected chi connectivity index (χ0v) is 16.4. The largest absolute Gasteiger partial charge is 0.380 e. The van der Waals surface area contributed by atoms with Gasteiger partial charge in [-0.1, -0.05) is 11.6 Å². The number of aryl methyl sites for hydroxylation is 1. The quantitative estimate of drug-likeness (QED) is 0.635. The van der Waals surface area contributed by atoms with Gasteiger partial charge in [-0.05, 0) is 25.5 Å². The molecule has 3 aromatic heterocycles. The van der Waals surface area contributed by atoms with Crippen molar-refractivity contribution in [2.75, 3.05) is 31.2 Å². The van der Waals surface area contributed by atoms with E-state index in [2.05, 4.69) is 25.9 Å². The highest BCUT2D eigenvalue weighted by molar-refractivity contribution is 6.30. The molecule has 28 heavy (non-hydrogen) atoms. The van der Waals surface area contributed by atoms with Gasteiger partial charge in [-0.3, -0.25) is 4.98 Å². The van der Waals surface area contributed by atoms with Crippen molar-refractivity contribution in [2.24, 2.45) is 5.41 Å². The van der Waals surface area contributed by atoms with Crippen molar-refractivity contribution in [3.63, 3.8) is 0 Å². The van der Waals surface area contributed by atoms with Crippen molar-refractivity contribution in [3.05, 3.63) is 53.0 Å². The van der Waals surface area contributed by atoms with Crippen LogP contribution < -0.4 is 4.90 Å². The van der Waals surface area contributed by atoms with Crippen LogP contribution in [0.25, 0.3) is 10.9 Å². The first kappa shape index (κ1) is 16.6. The lowest BCUT2D eigenvalue weighted by Crippen LogP contribution is -2.66. The van der Waals surface area contributed by atoms with E-state index in [1.54, 1.807) is 0 Å². The van der Waals surface area contributed by atoms with Crippen LogP contribution in [-0.2, 0) is 4.74 Å². The van der Waals surface area contributed by atoms with E-state index < -0.39 is 0 Å². The zero-order chi connectivity index (χ0) is 18.9. The Kier molecular flexibility index (Phi) is 3.47. The summed E-state index contributed by atoms with van der Waals surface area (Å²) in [5, 5.41) is 1.54. The molecule has 3 fully saturated rings. The van der Waals surface area contributed by atoms with Crippen LogP contribution >= 0.6 is 11.6 Å². The molecule has 2 aliphatic heterocycles. The number of rotatable bonds is 3. The number of fused-ring (bicyclic) bond motifs is 1. The van der Waals surface area contributed by atoms with Crippen LogP contribution in [0.1, 0.15) is 35.5 Å². The number of hydrogen-bond acceptors (Lipinski definition) is 6. The lowest BCUT2D eigenvalue weighted by atomic mass is 9.77. The molecular weight excluding hydrogens is 374 g/mol. The molecule has 0 amide bonds. The SMILES string of the molecule is Cc1ccnc([C@H]2C[C@@H]2c2cc(N3CC4(COC4)C3)c3cnc(Cl)cc3n2)n1. The van der Waals surface area contributed by atoms with Crippen LogP contribution in [0.2, 0.25) is 5.15 Å². The fourth-order valence-electron chi connectivity index (χ4n) is 4.51. The van der Waals surface area contributed by atoms with Crippen LogP contribution in [0.5, 0.6) is 0 Å². The van der Waals surface area contributed by atoms with E-state index in [0.717, 1.165) is 60.8 Å². The Morgan fingerprint density at radius 3 is 2.75 bits per heavy atom. The van der Waals surface area contributed by atoms with Gasteiger partial charge in [-0.25, -0.2) is 15.0 Å². The van der Waals surface area contributed by atoms with Gasteiger partial charge in [0.25, 0.3) is 0 Å². The van der Waals surface area contributed by atoms with E-state index >= 15 is 0 Å². The third kappa shape index (κ3) is 2.58. The van der Waals surface area contributed by atoms with Gasteiger partial charge in [0.15, 0.2) is 0 Å². The summed E-state index contributed by atoms with van der Waals surface area (Å²) in [6.07, 6.45) is 4.73. The monoisotopic (exact) mass is 393 g/mol. The van der Waals surface area contributed by atoms with Gasteiger partial charge >= 0.3 is 0 Å². The Balaban J connectivity index is 1.37. The van der Waals surface area contributed by atoms with Crippen molar-refractivity contribution in [2.45, 2.75) is 25.2 Å². The van der Waals surface area contributed by atoms with Gasteiger partial charge in [0, 0.05) is 65.8 Å². The van der Waals surface area contributed by atoms with Crippen LogP contribution in [0.3, 0.4) is 0 Å². The number of ether oxygens (including phenoxy) is 1. The van der Waals surface area contributed by atoms with Crippen molar-refractivity contribution in [1.82, 2.24) is 19.9 Å². The highest BCUT2D eigenvalue weighted by Crippen LogP contribution is 2.54. The smallest absolute Gasteiger partial charge is 0.132 e. The normalized spacial score (nSPS) is 24.9. The summed E-state index contributed by atoms with van der Waals surface area (Å²) >= 11 is 6.16. The Morgan fingerprint density at radius 1 is 1.14 bits per heavy atom. The Morgan fingerprint density at radius 2 is 2.00 bits per heavy atom. The van der Waals surface area contributed by atoms with E-state index in [1.807, 2.05) is 31.5 Å². The van der Waals surface area contributed by atoms with Crippen molar-refractivity contribution >= 4 is 28.2 Å². The van der Waals surface area contributed by atoms with Crippen LogP contribution in [-0.4, -0.2) is 46.2 Å². The van der Waals surface area contributed by atoms with Crippen LogP contribution in [0, 0.1) is 12.3 Å². The third-order valence-corrected chi connectivity index (χ3v) is 6.39. The predicted octanol–water partition coefficient (Wildman–Crippen LogP) is 3.49. The molecule has 0 unspecified atom stereocenters. The van der Waals surface area contributed by atoms with Crippen LogP contribution in [0.15, 0.2) is 30.6 Å². The number of nitrogens with zero attached hydrogens (tertiary/aromatic N) is 5. The minimum atomic E-state index is 0.345. The molecule has 2 saturated heterocycles. The molecule has 2 atom stereocenters. The van der Waals surface area contributed by atoms with E-state index in [1.165, 1.54) is 5.69 Å². The average Bonchev–Trinajstić information content (AvgIpc) is 3.39. The third-order valence-electron chi connectivity index (χ3n) is 6.18. The second-order valence-electron chi connectivity index (χ2n) is 8.44. The second-order valence-corrected chi connectivity index (χ2v) is 8.83. The first-order valence-corrected chi connectivity index (χ1v) is 10.1. The first-order valence-electron chi connectivity index (χ1n) is 9.69. The lowest BCUT2D eigenvalue weighted by molar-refractivity contribution is -0.126. The van der Waals surface area contributed by atoms with Gasteiger partial charge in [0.2, 0.25) is 0 Å². The standard InChI is InChI=1S/C21H20ClN5O/c1-12-2-3-23-20(25-12)14-4-13(14)16-5-18(27-8-21(9-27)10-28-11-21)15-7-24-19(22)6-17(15)26-16/h2-3,5-7,13-14H,4,8-11H2,1H3/t13-,14-/m0/s1. The summed E-state index contributed by atoms with van der Waals surface area (Å²) < 4.78 is 5.43. The number of hydrogen-bond donors (Lipinski definition) is 0. The summed E-state index contributed by atoms with van der Waals surface area (Å²) in [4.78, 5) is 20.8. The summed E-state index contributed by atoms with van der Waals surface area (Å²) in [5.41, 5.74) is 4.58.